The van der Waals surface area contributed by atoms with Crippen LogP contribution < -0.4 is 11.1 Å². The number of nitrogens with one attached hydrogen (secondary N) is 1. The van der Waals surface area contributed by atoms with Gasteiger partial charge in [-0.25, -0.2) is 9.38 Å². The van der Waals surface area contributed by atoms with Crippen LogP contribution in [0.25, 0.3) is 0 Å². The average Bonchev–Trinajstić information content (AvgIpc) is 2.27. The third-order valence-electron chi connectivity index (χ3n) is 2.12. The van der Waals surface area contributed by atoms with E-state index >= 15 is 0 Å². The molecular formula is C12H18BrFIN3. The van der Waals surface area contributed by atoms with E-state index in [2.05, 4.69) is 40.1 Å². The number of halogens is 3. The van der Waals surface area contributed by atoms with Crippen molar-refractivity contribution in [2.75, 3.05) is 6.54 Å². The summed E-state index contributed by atoms with van der Waals surface area (Å²) in [6.45, 7) is 5.15. The van der Waals surface area contributed by atoms with Gasteiger partial charge in [-0.2, -0.15) is 0 Å². The first-order valence-corrected chi connectivity index (χ1v) is 6.26. The van der Waals surface area contributed by atoms with Crippen molar-refractivity contribution in [2.45, 2.75) is 20.4 Å². The van der Waals surface area contributed by atoms with Gasteiger partial charge in [0.25, 0.3) is 0 Å². The number of nitrogens with zero attached hydrogens (tertiary/aromatic N) is 1. The Morgan fingerprint density at radius 1 is 1.50 bits per heavy atom. The minimum absolute atomic E-state index is 0. The predicted molar refractivity (Wildman–Crippen MR) is 87.7 cm³/mol. The minimum atomic E-state index is -0.270. The van der Waals surface area contributed by atoms with E-state index in [1.54, 1.807) is 12.1 Å². The standard InChI is InChI=1S/C12H17BrFN3.HI/c1-8(2)6-16-12(15)17-7-9-5-10(13)3-4-11(9)14;/h3-5,8H,6-7H2,1-2H3,(H3,15,16,17);1H. The Balaban J connectivity index is 0.00000289. The van der Waals surface area contributed by atoms with Crippen LogP contribution in [-0.2, 0) is 6.54 Å². The molecule has 1 aromatic carbocycles. The molecule has 6 heteroatoms. The molecule has 0 radical (unpaired) electrons. The lowest BCUT2D eigenvalue weighted by molar-refractivity contribution is 0.607. The molecule has 18 heavy (non-hydrogen) atoms. The van der Waals surface area contributed by atoms with Gasteiger partial charge >= 0.3 is 0 Å². The smallest absolute Gasteiger partial charge is 0.188 e. The van der Waals surface area contributed by atoms with E-state index < -0.39 is 0 Å². The SMILES string of the molecule is CC(C)CNC(N)=NCc1cc(Br)ccc1F.I. The van der Waals surface area contributed by atoms with E-state index in [4.69, 9.17) is 5.73 Å². The zero-order chi connectivity index (χ0) is 12.8. The number of rotatable bonds is 4. The fourth-order valence-corrected chi connectivity index (χ4v) is 1.61. The predicted octanol–water partition coefficient (Wildman–Crippen LogP) is 3.27. The fraction of sp³-hybridized carbons (Fsp3) is 0.417. The minimum Gasteiger partial charge on any atom is -0.370 e. The van der Waals surface area contributed by atoms with Crippen LogP contribution in [0.15, 0.2) is 27.7 Å². The molecule has 0 amide bonds. The Morgan fingerprint density at radius 3 is 2.78 bits per heavy atom. The van der Waals surface area contributed by atoms with Crippen molar-refractivity contribution in [1.82, 2.24) is 5.32 Å². The highest BCUT2D eigenvalue weighted by molar-refractivity contribution is 14.0. The fourth-order valence-electron chi connectivity index (χ4n) is 1.20. The Hall–Kier alpha value is -0.370. The molecule has 3 nitrogen and oxygen atoms in total. The zero-order valence-electron chi connectivity index (χ0n) is 10.4. The summed E-state index contributed by atoms with van der Waals surface area (Å²) in [4.78, 5) is 4.09. The van der Waals surface area contributed by atoms with Crippen LogP contribution in [0, 0.1) is 11.7 Å². The second kappa shape index (κ2) is 8.68. The van der Waals surface area contributed by atoms with Gasteiger partial charge in [-0.05, 0) is 24.1 Å². The molecule has 0 aliphatic rings. The van der Waals surface area contributed by atoms with Gasteiger partial charge in [-0.3, -0.25) is 0 Å². The van der Waals surface area contributed by atoms with Crippen LogP contribution in [0.1, 0.15) is 19.4 Å². The molecule has 0 aliphatic heterocycles. The molecule has 0 bridgehead atoms. The lowest BCUT2D eigenvalue weighted by Crippen LogP contribution is -2.34. The van der Waals surface area contributed by atoms with Crippen molar-refractivity contribution >= 4 is 45.9 Å². The Bertz CT molecular complexity index is 410. The lowest BCUT2D eigenvalue weighted by atomic mass is 10.2. The molecule has 0 heterocycles. The van der Waals surface area contributed by atoms with Crippen molar-refractivity contribution in [3.05, 3.63) is 34.1 Å². The molecule has 0 aromatic heterocycles. The number of hydrogen-bond donors (Lipinski definition) is 2. The molecule has 0 aliphatic carbocycles. The van der Waals surface area contributed by atoms with E-state index in [0.29, 0.717) is 17.4 Å². The van der Waals surface area contributed by atoms with Crippen LogP contribution in [0.4, 0.5) is 4.39 Å². The van der Waals surface area contributed by atoms with Crippen LogP contribution in [-0.4, -0.2) is 12.5 Å². The summed E-state index contributed by atoms with van der Waals surface area (Å²) in [6, 6.07) is 4.77. The molecular weight excluding hydrogens is 412 g/mol. The highest BCUT2D eigenvalue weighted by Crippen LogP contribution is 2.16. The van der Waals surface area contributed by atoms with Crippen molar-refractivity contribution < 1.29 is 4.39 Å². The second-order valence-electron chi connectivity index (χ2n) is 4.21. The van der Waals surface area contributed by atoms with E-state index in [-0.39, 0.29) is 36.3 Å². The summed E-state index contributed by atoms with van der Waals surface area (Å²) in [5.74, 6) is 0.568. The Labute approximate surface area is 133 Å². The first-order valence-electron chi connectivity index (χ1n) is 5.46. The normalized spacial score (nSPS) is 11.3. The van der Waals surface area contributed by atoms with Gasteiger partial charge in [-0.1, -0.05) is 29.8 Å². The lowest BCUT2D eigenvalue weighted by Gasteiger charge is -2.08. The highest BCUT2D eigenvalue weighted by atomic mass is 127. The summed E-state index contributed by atoms with van der Waals surface area (Å²) < 4.78 is 14.2. The maximum Gasteiger partial charge on any atom is 0.188 e. The van der Waals surface area contributed by atoms with E-state index in [9.17, 15) is 4.39 Å². The Morgan fingerprint density at radius 2 is 2.17 bits per heavy atom. The van der Waals surface area contributed by atoms with Crippen molar-refractivity contribution in [1.29, 1.82) is 0 Å². The number of aliphatic imine (C=N–C) groups is 1. The van der Waals surface area contributed by atoms with E-state index in [1.165, 1.54) is 6.07 Å². The molecule has 0 unspecified atom stereocenters. The molecule has 3 N–H and O–H groups in total. The number of nitrogens with two attached hydrogens (primary N) is 1. The third-order valence-corrected chi connectivity index (χ3v) is 2.61. The summed E-state index contributed by atoms with van der Waals surface area (Å²) in [5.41, 5.74) is 6.18. The molecule has 1 rings (SSSR count). The van der Waals surface area contributed by atoms with E-state index in [1.807, 2.05) is 0 Å². The molecule has 0 saturated carbocycles. The topological polar surface area (TPSA) is 50.4 Å². The summed E-state index contributed by atoms with van der Waals surface area (Å²) in [5, 5.41) is 2.98. The van der Waals surface area contributed by atoms with Crippen LogP contribution in [0.2, 0.25) is 0 Å². The molecule has 0 atom stereocenters. The van der Waals surface area contributed by atoms with E-state index in [0.717, 1.165) is 11.0 Å². The van der Waals surface area contributed by atoms with Crippen molar-refractivity contribution in [3.63, 3.8) is 0 Å². The van der Waals surface area contributed by atoms with Crippen molar-refractivity contribution in [2.24, 2.45) is 16.6 Å². The Kier molecular flexibility index (Phi) is 8.51. The second-order valence-corrected chi connectivity index (χ2v) is 5.13. The van der Waals surface area contributed by atoms with Crippen molar-refractivity contribution in [3.8, 4) is 0 Å². The monoisotopic (exact) mass is 429 g/mol. The van der Waals surface area contributed by atoms with Gasteiger partial charge in [0.2, 0.25) is 0 Å². The molecule has 102 valence electrons. The summed E-state index contributed by atoms with van der Waals surface area (Å²) >= 11 is 3.29. The largest absolute Gasteiger partial charge is 0.370 e. The third kappa shape index (κ3) is 6.53. The van der Waals surface area contributed by atoms with Crippen LogP contribution >= 0.6 is 39.9 Å². The van der Waals surface area contributed by atoms with Gasteiger partial charge < -0.3 is 11.1 Å². The highest BCUT2D eigenvalue weighted by Gasteiger charge is 2.02. The van der Waals surface area contributed by atoms with Crippen LogP contribution in [0.3, 0.4) is 0 Å². The van der Waals surface area contributed by atoms with Gasteiger partial charge in [0.1, 0.15) is 5.82 Å². The first-order chi connectivity index (χ1) is 7.99. The molecule has 0 saturated heterocycles. The van der Waals surface area contributed by atoms with Gasteiger partial charge in [0.05, 0.1) is 6.54 Å². The molecule has 0 fully saturated rings. The number of hydrogen-bond acceptors (Lipinski definition) is 1. The summed E-state index contributed by atoms with van der Waals surface area (Å²) in [7, 11) is 0. The maximum absolute atomic E-state index is 13.4. The molecule has 1 aromatic rings. The van der Waals surface area contributed by atoms with Gasteiger partial charge in [0.15, 0.2) is 5.96 Å². The number of benzene rings is 1. The zero-order valence-corrected chi connectivity index (χ0v) is 14.3. The van der Waals surface area contributed by atoms with Gasteiger partial charge in [-0.15, -0.1) is 24.0 Å². The van der Waals surface area contributed by atoms with Crippen LogP contribution in [0.5, 0.6) is 0 Å². The maximum atomic E-state index is 13.4. The number of guanidine groups is 1. The first kappa shape index (κ1) is 17.6. The van der Waals surface area contributed by atoms with Gasteiger partial charge in [0, 0.05) is 16.6 Å². The molecule has 0 spiro atoms. The quantitative estimate of drug-likeness (QED) is 0.438. The summed E-state index contributed by atoms with van der Waals surface area (Å²) in [6.07, 6.45) is 0. The average molecular weight is 430 g/mol.